The molecule has 0 saturated carbocycles. The van der Waals surface area contributed by atoms with E-state index in [1.807, 2.05) is 0 Å². The Kier molecular flexibility index (Phi) is 4.00. The Bertz CT molecular complexity index is 541. The van der Waals surface area contributed by atoms with Gasteiger partial charge in [0.25, 0.3) is 0 Å². The highest BCUT2D eigenvalue weighted by Crippen LogP contribution is 2.24. The molecule has 0 radical (unpaired) electrons. The topological polar surface area (TPSA) is 83.5 Å². The fourth-order valence-electron chi connectivity index (χ4n) is 1.09. The van der Waals surface area contributed by atoms with Crippen molar-refractivity contribution in [2.24, 2.45) is 0 Å². The molecule has 1 unspecified atom stereocenters. The van der Waals surface area contributed by atoms with Crippen LogP contribution in [-0.4, -0.2) is 24.7 Å². The second-order valence-electron chi connectivity index (χ2n) is 3.61. The van der Waals surface area contributed by atoms with E-state index in [-0.39, 0.29) is 10.7 Å². The van der Waals surface area contributed by atoms with Gasteiger partial charge in [-0.2, -0.15) is 0 Å². The number of hydrogen-bond acceptors (Lipinski definition) is 3. The monoisotopic (exact) mass is 277 g/mol. The Balaban J connectivity index is 3.06. The summed E-state index contributed by atoms with van der Waals surface area (Å²) < 4.78 is 25.5. The van der Waals surface area contributed by atoms with Gasteiger partial charge in [0.2, 0.25) is 10.0 Å². The average Bonchev–Trinajstić information content (AvgIpc) is 2.21. The zero-order valence-electron chi connectivity index (χ0n) is 9.27. The van der Waals surface area contributed by atoms with Crippen molar-refractivity contribution in [3.8, 4) is 0 Å². The Labute approximate surface area is 104 Å². The third-order valence-corrected chi connectivity index (χ3v) is 4.15. The lowest BCUT2D eigenvalue weighted by atomic mass is 10.2. The molecule has 0 fully saturated rings. The molecule has 0 spiro atoms. The molecule has 0 amide bonds. The van der Waals surface area contributed by atoms with Gasteiger partial charge < -0.3 is 5.11 Å². The summed E-state index contributed by atoms with van der Waals surface area (Å²) in [6.45, 7) is 2.86. The van der Waals surface area contributed by atoms with Gasteiger partial charge in [0.1, 0.15) is 0 Å². The lowest BCUT2D eigenvalue weighted by molar-refractivity contribution is -0.136. The molecule has 0 bridgehead atoms. The van der Waals surface area contributed by atoms with E-state index in [1.165, 1.54) is 6.07 Å². The number of aliphatic carboxylic acids is 1. The van der Waals surface area contributed by atoms with Crippen LogP contribution in [0, 0.1) is 6.92 Å². The van der Waals surface area contributed by atoms with E-state index < -0.39 is 21.2 Å². The van der Waals surface area contributed by atoms with Gasteiger partial charge in [-0.1, -0.05) is 17.7 Å². The van der Waals surface area contributed by atoms with Gasteiger partial charge >= 0.3 is 5.97 Å². The van der Waals surface area contributed by atoms with Crippen LogP contribution in [0.25, 0.3) is 0 Å². The SMILES string of the molecule is Cc1ccc(Cl)c(NS(=O)(=O)C(C)C(=O)O)c1. The van der Waals surface area contributed by atoms with Gasteiger partial charge in [0.05, 0.1) is 10.7 Å². The number of rotatable bonds is 4. The Hall–Kier alpha value is -1.27. The molecular weight excluding hydrogens is 266 g/mol. The molecule has 0 aliphatic heterocycles. The number of halogens is 1. The Morgan fingerprint density at radius 2 is 2.06 bits per heavy atom. The number of nitrogens with one attached hydrogen (secondary N) is 1. The lowest BCUT2D eigenvalue weighted by Gasteiger charge is -2.12. The zero-order valence-corrected chi connectivity index (χ0v) is 10.8. The molecule has 0 heterocycles. The highest BCUT2D eigenvalue weighted by Gasteiger charge is 2.28. The first-order valence-corrected chi connectivity index (χ1v) is 6.67. The van der Waals surface area contributed by atoms with Crippen LogP contribution < -0.4 is 4.72 Å². The van der Waals surface area contributed by atoms with Crippen molar-refractivity contribution >= 4 is 33.3 Å². The summed E-state index contributed by atoms with van der Waals surface area (Å²) in [5.41, 5.74) is 0.995. The van der Waals surface area contributed by atoms with E-state index in [0.29, 0.717) is 0 Å². The molecule has 17 heavy (non-hydrogen) atoms. The number of carboxylic acid groups (broad SMARTS) is 1. The second kappa shape index (κ2) is 4.93. The van der Waals surface area contributed by atoms with Crippen molar-refractivity contribution in [2.75, 3.05) is 4.72 Å². The maximum absolute atomic E-state index is 11.7. The van der Waals surface area contributed by atoms with Gasteiger partial charge in [0.15, 0.2) is 5.25 Å². The molecule has 1 rings (SSSR count). The van der Waals surface area contributed by atoms with Crippen molar-refractivity contribution in [1.82, 2.24) is 0 Å². The van der Waals surface area contributed by atoms with Gasteiger partial charge in [-0.15, -0.1) is 0 Å². The van der Waals surface area contributed by atoms with E-state index in [1.54, 1.807) is 19.1 Å². The maximum atomic E-state index is 11.7. The van der Waals surface area contributed by atoms with E-state index in [4.69, 9.17) is 16.7 Å². The minimum Gasteiger partial charge on any atom is -0.480 e. The minimum atomic E-state index is -3.99. The zero-order chi connectivity index (χ0) is 13.2. The van der Waals surface area contributed by atoms with E-state index >= 15 is 0 Å². The molecule has 2 N–H and O–H groups in total. The third-order valence-electron chi connectivity index (χ3n) is 2.19. The summed E-state index contributed by atoms with van der Waals surface area (Å²) >= 11 is 5.81. The first kappa shape index (κ1) is 13.8. The van der Waals surface area contributed by atoms with Gasteiger partial charge in [-0.3, -0.25) is 9.52 Å². The van der Waals surface area contributed by atoms with Crippen LogP contribution in [0.5, 0.6) is 0 Å². The first-order valence-electron chi connectivity index (χ1n) is 4.74. The van der Waals surface area contributed by atoms with Gasteiger partial charge in [-0.05, 0) is 31.5 Å². The van der Waals surface area contributed by atoms with E-state index in [9.17, 15) is 13.2 Å². The number of anilines is 1. The summed E-state index contributed by atoms with van der Waals surface area (Å²) in [7, 11) is -3.99. The Morgan fingerprint density at radius 1 is 1.47 bits per heavy atom. The molecular formula is C10H12ClNO4S. The summed E-state index contributed by atoms with van der Waals surface area (Å²) in [6.07, 6.45) is 0. The third kappa shape index (κ3) is 3.34. The minimum absolute atomic E-state index is 0.180. The number of benzene rings is 1. The largest absolute Gasteiger partial charge is 0.480 e. The fourth-order valence-corrected chi connectivity index (χ4v) is 2.23. The molecule has 94 valence electrons. The summed E-state index contributed by atoms with van der Waals surface area (Å²) in [6, 6.07) is 4.80. The van der Waals surface area contributed by atoms with Crippen molar-refractivity contribution in [1.29, 1.82) is 0 Å². The van der Waals surface area contributed by atoms with Crippen LogP contribution in [0.1, 0.15) is 12.5 Å². The highest BCUT2D eigenvalue weighted by molar-refractivity contribution is 7.94. The van der Waals surface area contributed by atoms with Crippen LogP contribution in [0.3, 0.4) is 0 Å². The predicted molar refractivity (Wildman–Crippen MR) is 65.8 cm³/mol. The molecule has 1 aromatic rings. The molecule has 1 aromatic carbocycles. The highest BCUT2D eigenvalue weighted by atomic mass is 35.5. The first-order chi connectivity index (χ1) is 7.74. The molecule has 0 aliphatic carbocycles. The number of aryl methyl sites for hydroxylation is 1. The van der Waals surface area contributed by atoms with Crippen LogP contribution >= 0.6 is 11.6 Å². The van der Waals surface area contributed by atoms with Crippen LogP contribution in [-0.2, 0) is 14.8 Å². The molecule has 0 saturated heterocycles. The normalized spacial score (nSPS) is 13.1. The van der Waals surface area contributed by atoms with Crippen LogP contribution in [0.15, 0.2) is 18.2 Å². The average molecular weight is 278 g/mol. The number of sulfonamides is 1. The standard InChI is InChI=1S/C10H12ClNO4S/c1-6-3-4-8(11)9(5-6)12-17(15,16)7(2)10(13)14/h3-5,7,12H,1-2H3,(H,13,14). The number of hydrogen-bond donors (Lipinski definition) is 2. The predicted octanol–water partition coefficient (Wildman–Crippen LogP) is 1.86. The fraction of sp³-hybridized carbons (Fsp3) is 0.300. The van der Waals surface area contributed by atoms with E-state index in [2.05, 4.69) is 4.72 Å². The second-order valence-corrected chi connectivity index (χ2v) is 6.02. The quantitative estimate of drug-likeness (QED) is 0.880. The van der Waals surface area contributed by atoms with Crippen molar-refractivity contribution in [2.45, 2.75) is 19.1 Å². The Morgan fingerprint density at radius 3 is 2.59 bits per heavy atom. The molecule has 7 heteroatoms. The number of carboxylic acids is 1. The van der Waals surface area contributed by atoms with Crippen molar-refractivity contribution < 1.29 is 18.3 Å². The summed E-state index contributed by atoms with van der Waals surface area (Å²) in [4.78, 5) is 10.6. The molecule has 5 nitrogen and oxygen atoms in total. The molecule has 1 atom stereocenters. The number of carbonyl (C=O) groups is 1. The van der Waals surface area contributed by atoms with Crippen molar-refractivity contribution in [3.63, 3.8) is 0 Å². The maximum Gasteiger partial charge on any atom is 0.323 e. The van der Waals surface area contributed by atoms with E-state index in [0.717, 1.165) is 12.5 Å². The summed E-state index contributed by atoms with van der Waals surface area (Å²) in [5.74, 6) is -1.42. The van der Waals surface area contributed by atoms with Crippen LogP contribution in [0.2, 0.25) is 5.02 Å². The van der Waals surface area contributed by atoms with Crippen molar-refractivity contribution in [3.05, 3.63) is 28.8 Å². The molecule has 0 aliphatic rings. The lowest BCUT2D eigenvalue weighted by Crippen LogP contribution is -2.32. The van der Waals surface area contributed by atoms with Crippen LogP contribution in [0.4, 0.5) is 5.69 Å². The van der Waals surface area contributed by atoms with Gasteiger partial charge in [0, 0.05) is 0 Å². The molecule has 0 aromatic heterocycles. The summed E-state index contributed by atoms with van der Waals surface area (Å²) in [5, 5.41) is 7.34. The smallest absolute Gasteiger partial charge is 0.323 e. The van der Waals surface area contributed by atoms with Gasteiger partial charge in [-0.25, -0.2) is 8.42 Å².